The molecule has 0 atom stereocenters. The van der Waals surface area contributed by atoms with Crippen LogP contribution in [0.25, 0.3) is 6.08 Å². The molecule has 5 nitrogen and oxygen atoms in total. The Balaban J connectivity index is 2.76. The second kappa shape index (κ2) is 9.00. The number of unbranched alkanes of at least 4 members (excludes halogenated alkanes) is 3. The molecular formula is C16H23NO4. The van der Waals surface area contributed by atoms with Gasteiger partial charge in [0, 0.05) is 13.0 Å². The first-order chi connectivity index (χ1) is 10.1. The van der Waals surface area contributed by atoms with Gasteiger partial charge in [0.1, 0.15) is 0 Å². The first-order valence-electron chi connectivity index (χ1n) is 7.22. The molecule has 0 heterocycles. The second-order valence-corrected chi connectivity index (χ2v) is 4.86. The predicted octanol–water partition coefficient (Wildman–Crippen LogP) is 4.29. The number of nitrogens with zero attached hydrogens (tertiary/aromatic N) is 1. The van der Waals surface area contributed by atoms with Gasteiger partial charge in [-0.05, 0) is 24.1 Å². The van der Waals surface area contributed by atoms with E-state index in [2.05, 4.69) is 6.92 Å². The van der Waals surface area contributed by atoms with Gasteiger partial charge in [0.15, 0.2) is 11.5 Å². The van der Waals surface area contributed by atoms with Crippen LogP contribution < -0.4 is 9.47 Å². The summed E-state index contributed by atoms with van der Waals surface area (Å²) in [4.78, 5) is 10.3. The van der Waals surface area contributed by atoms with Crippen molar-refractivity contribution in [3.63, 3.8) is 0 Å². The molecule has 0 N–H and O–H groups in total. The third-order valence-electron chi connectivity index (χ3n) is 3.11. The minimum Gasteiger partial charge on any atom is -0.493 e. The maximum absolute atomic E-state index is 10.7. The molecule has 1 rings (SSSR count). The summed E-state index contributed by atoms with van der Waals surface area (Å²) in [7, 11) is 1.58. The Morgan fingerprint density at radius 1 is 1.29 bits per heavy atom. The molecule has 0 aliphatic rings. The van der Waals surface area contributed by atoms with Gasteiger partial charge >= 0.3 is 0 Å². The highest BCUT2D eigenvalue weighted by molar-refractivity contribution is 5.56. The van der Waals surface area contributed by atoms with E-state index in [1.54, 1.807) is 25.3 Å². The summed E-state index contributed by atoms with van der Waals surface area (Å²) < 4.78 is 11.0. The van der Waals surface area contributed by atoms with E-state index < -0.39 is 4.92 Å². The fourth-order valence-electron chi connectivity index (χ4n) is 1.90. The molecule has 5 heteroatoms. The van der Waals surface area contributed by atoms with E-state index >= 15 is 0 Å². The summed E-state index contributed by atoms with van der Waals surface area (Å²) in [6, 6.07) is 5.31. The Bertz CT molecular complexity index is 497. The third-order valence-corrected chi connectivity index (χ3v) is 3.11. The van der Waals surface area contributed by atoms with Gasteiger partial charge in [-0.25, -0.2) is 0 Å². The third kappa shape index (κ3) is 5.85. The minimum absolute atomic E-state index is 0.0917. The first kappa shape index (κ1) is 17.0. The topological polar surface area (TPSA) is 61.6 Å². The number of methoxy groups -OCH3 is 1. The Labute approximate surface area is 125 Å². The number of hydrogen-bond acceptors (Lipinski definition) is 4. The van der Waals surface area contributed by atoms with E-state index in [1.807, 2.05) is 0 Å². The highest BCUT2D eigenvalue weighted by Crippen LogP contribution is 2.29. The van der Waals surface area contributed by atoms with Crippen LogP contribution in [0.3, 0.4) is 0 Å². The smallest absolute Gasteiger partial charge is 0.243 e. The van der Waals surface area contributed by atoms with Gasteiger partial charge in [-0.1, -0.05) is 32.3 Å². The summed E-state index contributed by atoms with van der Waals surface area (Å²) >= 11 is 0. The van der Waals surface area contributed by atoms with Crippen molar-refractivity contribution in [3.8, 4) is 11.5 Å². The molecule has 21 heavy (non-hydrogen) atoms. The van der Waals surface area contributed by atoms with Gasteiger partial charge < -0.3 is 9.47 Å². The summed E-state index contributed by atoms with van der Waals surface area (Å²) in [6.45, 7) is 4.25. The summed E-state index contributed by atoms with van der Waals surface area (Å²) in [5, 5.41) is 10.7. The molecule has 0 spiro atoms. The highest BCUT2D eigenvalue weighted by atomic mass is 16.6. The van der Waals surface area contributed by atoms with Crippen LogP contribution in [0.15, 0.2) is 23.9 Å². The fraction of sp³-hybridized carbons (Fsp3) is 0.500. The van der Waals surface area contributed by atoms with Crippen LogP contribution in [-0.2, 0) is 0 Å². The molecule has 0 aliphatic carbocycles. The van der Waals surface area contributed by atoms with Crippen LogP contribution in [0.5, 0.6) is 11.5 Å². The maximum Gasteiger partial charge on any atom is 0.243 e. The molecule has 1 aromatic rings. The quantitative estimate of drug-likeness (QED) is 0.387. The average molecular weight is 293 g/mol. The lowest BCUT2D eigenvalue weighted by atomic mass is 10.1. The van der Waals surface area contributed by atoms with Crippen molar-refractivity contribution in [3.05, 3.63) is 39.6 Å². The van der Waals surface area contributed by atoms with Gasteiger partial charge in [0.2, 0.25) is 5.70 Å². The monoisotopic (exact) mass is 293 g/mol. The second-order valence-electron chi connectivity index (χ2n) is 4.86. The van der Waals surface area contributed by atoms with Crippen molar-refractivity contribution in [2.24, 2.45) is 0 Å². The van der Waals surface area contributed by atoms with E-state index in [0.717, 1.165) is 18.4 Å². The van der Waals surface area contributed by atoms with Crippen molar-refractivity contribution in [1.82, 2.24) is 0 Å². The van der Waals surface area contributed by atoms with Crippen LogP contribution in [0.1, 0.15) is 45.1 Å². The van der Waals surface area contributed by atoms with Crippen LogP contribution in [-0.4, -0.2) is 18.6 Å². The number of allylic oxidation sites excluding steroid dienone is 1. The van der Waals surface area contributed by atoms with Gasteiger partial charge in [0.25, 0.3) is 0 Å². The number of hydrogen-bond donors (Lipinski definition) is 0. The zero-order valence-electron chi connectivity index (χ0n) is 12.9. The van der Waals surface area contributed by atoms with Gasteiger partial charge in [-0.3, -0.25) is 10.1 Å². The Kier molecular flexibility index (Phi) is 7.29. The Hall–Kier alpha value is -2.04. The number of benzene rings is 1. The van der Waals surface area contributed by atoms with Crippen LogP contribution >= 0.6 is 0 Å². The zero-order chi connectivity index (χ0) is 15.7. The SMILES string of the molecule is CCCCCCOc1cc(/C=C(\C)[N+](=O)[O-])ccc1OC. The minimum atomic E-state index is -0.407. The summed E-state index contributed by atoms with van der Waals surface area (Å²) in [5.41, 5.74) is 0.822. The van der Waals surface area contributed by atoms with Crippen LogP contribution in [0.2, 0.25) is 0 Å². The first-order valence-corrected chi connectivity index (χ1v) is 7.22. The Morgan fingerprint density at radius 2 is 2.05 bits per heavy atom. The van der Waals surface area contributed by atoms with Crippen molar-refractivity contribution in [1.29, 1.82) is 0 Å². The summed E-state index contributed by atoms with van der Waals surface area (Å²) in [6.07, 6.45) is 6.03. The highest BCUT2D eigenvalue weighted by Gasteiger charge is 2.07. The molecule has 0 saturated carbocycles. The molecule has 0 unspecified atom stereocenters. The lowest BCUT2D eigenvalue weighted by molar-refractivity contribution is -0.422. The lowest BCUT2D eigenvalue weighted by Gasteiger charge is -2.11. The van der Waals surface area contributed by atoms with E-state index in [0.29, 0.717) is 18.1 Å². The van der Waals surface area contributed by atoms with Crippen molar-refractivity contribution < 1.29 is 14.4 Å². The molecule has 0 aliphatic heterocycles. The molecule has 116 valence electrons. The number of nitro groups is 1. The molecule has 0 aromatic heterocycles. The fourth-order valence-corrected chi connectivity index (χ4v) is 1.90. The molecule has 0 bridgehead atoms. The number of ether oxygens (including phenoxy) is 2. The van der Waals surface area contributed by atoms with E-state index in [4.69, 9.17) is 9.47 Å². The lowest BCUT2D eigenvalue weighted by Crippen LogP contribution is -2.00. The molecule has 0 saturated heterocycles. The van der Waals surface area contributed by atoms with Crippen molar-refractivity contribution >= 4 is 6.08 Å². The van der Waals surface area contributed by atoms with Crippen molar-refractivity contribution in [2.45, 2.75) is 39.5 Å². The van der Waals surface area contributed by atoms with Crippen LogP contribution in [0.4, 0.5) is 0 Å². The normalized spacial score (nSPS) is 11.3. The molecule has 0 amide bonds. The standard InChI is InChI=1S/C16H23NO4/c1-4-5-6-7-10-21-16-12-14(8-9-15(16)20-3)11-13(2)17(18)19/h8-9,11-12H,4-7,10H2,1-3H3/b13-11+. The van der Waals surface area contributed by atoms with E-state index in [-0.39, 0.29) is 5.70 Å². The molecule has 0 fully saturated rings. The Morgan fingerprint density at radius 3 is 2.67 bits per heavy atom. The van der Waals surface area contributed by atoms with E-state index in [1.165, 1.54) is 25.8 Å². The van der Waals surface area contributed by atoms with Gasteiger partial charge in [-0.15, -0.1) is 0 Å². The maximum atomic E-state index is 10.7. The molecular weight excluding hydrogens is 270 g/mol. The van der Waals surface area contributed by atoms with Gasteiger partial charge in [0.05, 0.1) is 18.6 Å². The van der Waals surface area contributed by atoms with Gasteiger partial charge in [-0.2, -0.15) is 0 Å². The summed E-state index contributed by atoms with van der Waals surface area (Å²) in [5.74, 6) is 1.26. The van der Waals surface area contributed by atoms with Crippen LogP contribution in [0, 0.1) is 10.1 Å². The number of rotatable bonds is 9. The largest absolute Gasteiger partial charge is 0.493 e. The zero-order valence-corrected chi connectivity index (χ0v) is 12.9. The predicted molar refractivity (Wildman–Crippen MR) is 83.3 cm³/mol. The van der Waals surface area contributed by atoms with Crippen molar-refractivity contribution in [2.75, 3.05) is 13.7 Å². The average Bonchev–Trinajstić information content (AvgIpc) is 2.47. The van der Waals surface area contributed by atoms with E-state index in [9.17, 15) is 10.1 Å². The molecule has 1 aromatic carbocycles. The molecule has 0 radical (unpaired) electrons.